The van der Waals surface area contributed by atoms with Crippen LogP contribution in [0.2, 0.25) is 0 Å². The van der Waals surface area contributed by atoms with Crippen LogP contribution in [0.25, 0.3) is 0 Å². The number of rotatable bonds is 3. The molecule has 2 aliphatic rings. The number of likely N-dealkylation sites (tertiary alicyclic amines) is 1. The maximum absolute atomic E-state index is 12.1. The molecule has 2 heterocycles. The van der Waals surface area contributed by atoms with E-state index in [0.29, 0.717) is 13.0 Å². The number of nitrogens with zero attached hydrogens (tertiary/aromatic N) is 1. The molecule has 5 heteroatoms. The number of hydrogen-bond acceptors (Lipinski definition) is 3. The van der Waals surface area contributed by atoms with Gasteiger partial charge in [-0.3, -0.25) is 9.59 Å². The third-order valence-corrected chi connectivity index (χ3v) is 4.53. The Morgan fingerprint density at radius 2 is 2.16 bits per heavy atom. The average molecular weight is 267 g/mol. The van der Waals surface area contributed by atoms with Crippen molar-refractivity contribution in [3.8, 4) is 0 Å². The molecule has 0 aromatic rings. The average Bonchev–Trinajstić information content (AvgIpc) is 2.40. The number of nitrogens with one attached hydrogen (secondary N) is 2. The highest BCUT2D eigenvalue weighted by Crippen LogP contribution is 2.27. The summed E-state index contributed by atoms with van der Waals surface area (Å²) in [5, 5.41) is 6.40. The number of carbonyl (C=O) groups excluding carboxylic acids is 2. The molecule has 2 rings (SSSR count). The highest BCUT2D eigenvalue weighted by atomic mass is 16.2. The minimum atomic E-state index is -0.131. The maximum atomic E-state index is 12.1. The molecule has 2 amide bonds. The van der Waals surface area contributed by atoms with Gasteiger partial charge in [0.25, 0.3) is 0 Å². The fraction of sp³-hybridized carbons (Fsp3) is 0.857. The van der Waals surface area contributed by atoms with Gasteiger partial charge in [-0.2, -0.15) is 0 Å². The SMILES string of the molecule is CN1CCC(C(=O)NCC2(C)CCNCC2)CC1=O. The van der Waals surface area contributed by atoms with E-state index < -0.39 is 0 Å². The third kappa shape index (κ3) is 3.69. The van der Waals surface area contributed by atoms with Crippen molar-refractivity contribution in [1.29, 1.82) is 0 Å². The first-order valence-electron chi connectivity index (χ1n) is 7.23. The molecule has 108 valence electrons. The lowest BCUT2D eigenvalue weighted by Gasteiger charge is -2.35. The molecule has 2 fully saturated rings. The van der Waals surface area contributed by atoms with E-state index in [2.05, 4.69) is 17.6 Å². The molecule has 1 unspecified atom stereocenters. The molecule has 5 nitrogen and oxygen atoms in total. The van der Waals surface area contributed by atoms with Crippen LogP contribution in [0.15, 0.2) is 0 Å². The Balaban J connectivity index is 1.79. The summed E-state index contributed by atoms with van der Waals surface area (Å²) in [5.41, 5.74) is 0.205. The van der Waals surface area contributed by atoms with Crippen molar-refractivity contribution in [3.63, 3.8) is 0 Å². The summed E-state index contributed by atoms with van der Waals surface area (Å²) in [4.78, 5) is 25.5. The van der Waals surface area contributed by atoms with Crippen LogP contribution in [0, 0.1) is 11.3 Å². The fourth-order valence-electron chi connectivity index (χ4n) is 2.82. The first-order valence-corrected chi connectivity index (χ1v) is 7.23. The predicted molar refractivity (Wildman–Crippen MR) is 73.6 cm³/mol. The molecule has 0 radical (unpaired) electrons. The molecule has 1 atom stereocenters. The van der Waals surface area contributed by atoms with Gasteiger partial charge in [0.15, 0.2) is 0 Å². The highest BCUT2D eigenvalue weighted by molar-refractivity contribution is 5.86. The zero-order chi connectivity index (χ0) is 13.9. The molecule has 0 bridgehead atoms. The van der Waals surface area contributed by atoms with Crippen molar-refractivity contribution >= 4 is 11.8 Å². The number of hydrogen-bond donors (Lipinski definition) is 2. The van der Waals surface area contributed by atoms with Gasteiger partial charge >= 0.3 is 0 Å². The largest absolute Gasteiger partial charge is 0.355 e. The first-order chi connectivity index (χ1) is 9.00. The first kappa shape index (κ1) is 14.3. The van der Waals surface area contributed by atoms with E-state index in [0.717, 1.165) is 38.9 Å². The monoisotopic (exact) mass is 267 g/mol. The van der Waals surface area contributed by atoms with E-state index >= 15 is 0 Å². The number of carbonyl (C=O) groups is 2. The van der Waals surface area contributed by atoms with Gasteiger partial charge < -0.3 is 15.5 Å². The van der Waals surface area contributed by atoms with Crippen LogP contribution in [0.3, 0.4) is 0 Å². The molecular weight excluding hydrogens is 242 g/mol. The summed E-state index contributed by atoms with van der Waals surface area (Å²) in [5.74, 6) is 0.00898. The van der Waals surface area contributed by atoms with Crippen LogP contribution in [-0.4, -0.2) is 49.9 Å². The Bertz CT molecular complexity index is 351. The Morgan fingerprint density at radius 3 is 2.79 bits per heavy atom. The summed E-state index contributed by atoms with van der Waals surface area (Å²) in [6.07, 6.45) is 3.34. The van der Waals surface area contributed by atoms with Gasteiger partial charge in [0, 0.05) is 32.5 Å². The van der Waals surface area contributed by atoms with E-state index in [1.807, 2.05) is 0 Å². The van der Waals surface area contributed by atoms with Gasteiger partial charge in [0.2, 0.25) is 11.8 Å². The maximum Gasteiger partial charge on any atom is 0.223 e. The van der Waals surface area contributed by atoms with Crippen LogP contribution < -0.4 is 10.6 Å². The van der Waals surface area contributed by atoms with Crippen LogP contribution in [0.1, 0.15) is 32.6 Å². The van der Waals surface area contributed by atoms with Crippen molar-refractivity contribution in [2.45, 2.75) is 32.6 Å². The lowest BCUT2D eigenvalue weighted by atomic mass is 9.81. The summed E-state index contributed by atoms with van der Waals surface area (Å²) in [6.45, 7) is 5.71. The fourth-order valence-corrected chi connectivity index (χ4v) is 2.82. The minimum absolute atomic E-state index is 0.0567. The summed E-state index contributed by atoms with van der Waals surface area (Å²) in [6, 6.07) is 0. The van der Waals surface area contributed by atoms with Crippen molar-refractivity contribution in [3.05, 3.63) is 0 Å². The second-order valence-electron chi connectivity index (χ2n) is 6.28. The summed E-state index contributed by atoms with van der Waals surface area (Å²) < 4.78 is 0. The summed E-state index contributed by atoms with van der Waals surface area (Å²) in [7, 11) is 1.80. The van der Waals surface area contributed by atoms with Crippen LogP contribution in [0.5, 0.6) is 0 Å². The topological polar surface area (TPSA) is 61.4 Å². The molecule has 19 heavy (non-hydrogen) atoms. The Morgan fingerprint density at radius 1 is 1.47 bits per heavy atom. The smallest absolute Gasteiger partial charge is 0.223 e. The summed E-state index contributed by atoms with van der Waals surface area (Å²) >= 11 is 0. The van der Waals surface area contributed by atoms with Crippen molar-refractivity contribution in [2.75, 3.05) is 33.2 Å². The third-order valence-electron chi connectivity index (χ3n) is 4.53. The quantitative estimate of drug-likeness (QED) is 0.776. The molecule has 0 saturated carbocycles. The highest BCUT2D eigenvalue weighted by Gasteiger charge is 2.31. The molecule has 2 aliphatic heterocycles. The standard InChI is InChI=1S/C14H25N3O2/c1-14(4-6-15-7-5-14)10-16-13(19)11-3-8-17(2)12(18)9-11/h11,15H,3-10H2,1-2H3,(H,16,19). The van der Waals surface area contributed by atoms with Crippen LogP contribution in [-0.2, 0) is 9.59 Å². The van der Waals surface area contributed by atoms with Gasteiger partial charge in [-0.15, -0.1) is 0 Å². The van der Waals surface area contributed by atoms with E-state index in [-0.39, 0.29) is 23.1 Å². The Labute approximate surface area is 115 Å². The zero-order valence-electron chi connectivity index (χ0n) is 12.0. The van der Waals surface area contributed by atoms with Crippen LogP contribution >= 0.6 is 0 Å². The molecular formula is C14H25N3O2. The van der Waals surface area contributed by atoms with Gasteiger partial charge in [0.1, 0.15) is 0 Å². The van der Waals surface area contributed by atoms with E-state index in [9.17, 15) is 9.59 Å². The lowest BCUT2D eigenvalue weighted by molar-refractivity contribution is -0.139. The van der Waals surface area contributed by atoms with Gasteiger partial charge in [-0.05, 0) is 37.8 Å². The molecule has 0 aliphatic carbocycles. The molecule has 2 saturated heterocycles. The van der Waals surface area contributed by atoms with Crippen molar-refractivity contribution in [2.24, 2.45) is 11.3 Å². The van der Waals surface area contributed by atoms with Crippen molar-refractivity contribution < 1.29 is 9.59 Å². The van der Waals surface area contributed by atoms with Gasteiger partial charge in [-0.25, -0.2) is 0 Å². The minimum Gasteiger partial charge on any atom is -0.355 e. The molecule has 0 aromatic carbocycles. The molecule has 0 aromatic heterocycles. The Kier molecular flexibility index (Phi) is 4.45. The number of piperidine rings is 2. The molecule has 0 spiro atoms. The van der Waals surface area contributed by atoms with Crippen molar-refractivity contribution in [1.82, 2.24) is 15.5 Å². The lowest BCUT2D eigenvalue weighted by Crippen LogP contribution is -2.46. The van der Waals surface area contributed by atoms with Gasteiger partial charge in [0.05, 0.1) is 0 Å². The number of amides is 2. The molecule has 2 N–H and O–H groups in total. The Hall–Kier alpha value is -1.10. The van der Waals surface area contributed by atoms with E-state index in [4.69, 9.17) is 0 Å². The van der Waals surface area contributed by atoms with Crippen LogP contribution in [0.4, 0.5) is 0 Å². The predicted octanol–water partition coefficient (Wildman–Crippen LogP) is 0.361. The second-order valence-corrected chi connectivity index (χ2v) is 6.28. The zero-order valence-corrected chi connectivity index (χ0v) is 12.0. The van der Waals surface area contributed by atoms with Gasteiger partial charge in [-0.1, -0.05) is 6.92 Å². The second kappa shape index (κ2) is 5.90. The normalized spacial score (nSPS) is 27.2. The van der Waals surface area contributed by atoms with E-state index in [1.54, 1.807) is 11.9 Å². The van der Waals surface area contributed by atoms with E-state index in [1.165, 1.54) is 0 Å².